The van der Waals surface area contributed by atoms with Crippen molar-refractivity contribution in [2.24, 2.45) is 0 Å². The summed E-state index contributed by atoms with van der Waals surface area (Å²) >= 11 is 0. The minimum atomic E-state index is 0.0740. The van der Waals surface area contributed by atoms with Crippen molar-refractivity contribution >= 4 is 5.78 Å². The predicted molar refractivity (Wildman–Crippen MR) is 75.2 cm³/mol. The van der Waals surface area contributed by atoms with Gasteiger partial charge in [-0.1, -0.05) is 38.0 Å². The number of Topliss-reactive ketones (excluding diaryl/α,β-unsaturated/α-hetero) is 1. The molecule has 0 amide bonds. The maximum Gasteiger partial charge on any atom is 0.147 e. The lowest BCUT2D eigenvalue weighted by molar-refractivity contribution is -0.121. The number of nitrogens with zero attached hydrogens (tertiary/aromatic N) is 1. The van der Waals surface area contributed by atoms with Crippen LogP contribution in [0.3, 0.4) is 0 Å². The third-order valence-electron chi connectivity index (χ3n) is 2.82. The van der Waals surface area contributed by atoms with Crippen LogP contribution < -0.4 is 0 Å². The summed E-state index contributed by atoms with van der Waals surface area (Å²) in [5.41, 5.74) is 2.70. The van der Waals surface area contributed by atoms with Gasteiger partial charge < -0.3 is 0 Å². The van der Waals surface area contributed by atoms with E-state index in [-0.39, 0.29) is 11.8 Å². The molecule has 0 N–H and O–H groups in total. The van der Waals surface area contributed by atoms with E-state index >= 15 is 0 Å². The van der Waals surface area contributed by atoms with Crippen LogP contribution in [0.4, 0.5) is 0 Å². The third-order valence-corrected chi connectivity index (χ3v) is 2.82. The first kappa shape index (κ1) is 16.1. The second kappa shape index (κ2) is 8.24. The molecule has 0 aromatic carbocycles. The van der Waals surface area contributed by atoms with Crippen molar-refractivity contribution in [3.8, 4) is 0 Å². The molecular weight excluding hydrogens is 210 g/mol. The molecule has 1 aliphatic rings. The van der Waals surface area contributed by atoms with Crippen LogP contribution in [0.5, 0.6) is 0 Å². The van der Waals surface area contributed by atoms with Crippen LogP contribution in [-0.4, -0.2) is 30.3 Å². The summed E-state index contributed by atoms with van der Waals surface area (Å²) in [7, 11) is 2.02. The molecule has 2 nitrogen and oxygen atoms in total. The second-order valence-electron chi connectivity index (χ2n) is 4.76. The Balaban J connectivity index is 0.000000770. The van der Waals surface area contributed by atoms with Crippen LogP contribution in [0.2, 0.25) is 0 Å². The number of carbonyl (C=O) groups excluding carboxylic acids is 1. The standard InChI is InChI=1S/C12H19NO.C3H8/c1-5-6-11-7-12(10(3)14)13(4)8-9(11)2;1-3-2/h5-6,12H,7-8H2,1-4H3;3H2,1-2H3/b6-5-;. The van der Waals surface area contributed by atoms with Crippen molar-refractivity contribution in [3.05, 3.63) is 23.3 Å². The van der Waals surface area contributed by atoms with Gasteiger partial charge in [0.05, 0.1) is 6.04 Å². The molecule has 0 aliphatic carbocycles. The first-order chi connectivity index (χ1) is 7.97. The van der Waals surface area contributed by atoms with Crippen molar-refractivity contribution in [3.63, 3.8) is 0 Å². The van der Waals surface area contributed by atoms with Gasteiger partial charge in [0.25, 0.3) is 0 Å². The van der Waals surface area contributed by atoms with Crippen molar-refractivity contribution < 1.29 is 4.79 Å². The highest BCUT2D eigenvalue weighted by molar-refractivity contribution is 5.82. The van der Waals surface area contributed by atoms with Crippen molar-refractivity contribution in [2.75, 3.05) is 13.6 Å². The average Bonchev–Trinajstić information content (AvgIpc) is 2.23. The number of hydrogen-bond donors (Lipinski definition) is 0. The molecule has 0 bridgehead atoms. The fraction of sp³-hybridized carbons (Fsp3) is 0.667. The van der Waals surface area contributed by atoms with E-state index in [0.29, 0.717) is 0 Å². The van der Waals surface area contributed by atoms with Gasteiger partial charge in [-0.2, -0.15) is 0 Å². The highest BCUT2D eigenvalue weighted by Gasteiger charge is 2.25. The van der Waals surface area contributed by atoms with E-state index in [1.807, 2.05) is 20.0 Å². The summed E-state index contributed by atoms with van der Waals surface area (Å²) in [4.78, 5) is 13.5. The molecule has 1 unspecified atom stereocenters. The molecule has 0 spiro atoms. The Kier molecular flexibility index (Phi) is 7.81. The summed E-state index contributed by atoms with van der Waals surface area (Å²) in [5, 5.41) is 0. The highest BCUT2D eigenvalue weighted by Crippen LogP contribution is 2.23. The van der Waals surface area contributed by atoms with Gasteiger partial charge in [0.2, 0.25) is 0 Å². The monoisotopic (exact) mass is 237 g/mol. The first-order valence-corrected chi connectivity index (χ1v) is 6.49. The van der Waals surface area contributed by atoms with Crippen LogP contribution in [0.25, 0.3) is 0 Å². The molecular formula is C15H27NO. The van der Waals surface area contributed by atoms with E-state index in [1.165, 1.54) is 17.6 Å². The van der Waals surface area contributed by atoms with Crippen LogP contribution in [0.1, 0.15) is 47.5 Å². The molecule has 17 heavy (non-hydrogen) atoms. The Morgan fingerprint density at radius 2 is 2.00 bits per heavy atom. The molecule has 0 aromatic heterocycles. The predicted octanol–water partition coefficient (Wildman–Crippen LogP) is 3.59. The van der Waals surface area contributed by atoms with Gasteiger partial charge in [-0.3, -0.25) is 9.69 Å². The fourth-order valence-corrected chi connectivity index (χ4v) is 1.99. The molecule has 1 rings (SSSR count). The Hall–Kier alpha value is -0.890. The first-order valence-electron chi connectivity index (χ1n) is 6.49. The lowest BCUT2D eigenvalue weighted by Crippen LogP contribution is -2.41. The largest absolute Gasteiger partial charge is 0.298 e. The fourth-order valence-electron chi connectivity index (χ4n) is 1.99. The molecule has 0 saturated carbocycles. The van der Waals surface area contributed by atoms with Gasteiger partial charge in [-0.25, -0.2) is 0 Å². The number of hydrogen-bond acceptors (Lipinski definition) is 2. The molecule has 1 heterocycles. The third kappa shape index (κ3) is 5.31. The molecule has 2 heteroatoms. The van der Waals surface area contributed by atoms with Gasteiger partial charge in [0.15, 0.2) is 0 Å². The lowest BCUT2D eigenvalue weighted by atomic mass is 9.93. The molecule has 0 fully saturated rings. The smallest absolute Gasteiger partial charge is 0.147 e. The molecule has 98 valence electrons. The van der Waals surface area contributed by atoms with E-state index in [9.17, 15) is 4.79 Å². The van der Waals surface area contributed by atoms with Gasteiger partial charge in [-0.15, -0.1) is 0 Å². The molecule has 0 radical (unpaired) electrons. The molecule has 1 aliphatic heterocycles. The van der Waals surface area contributed by atoms with Crippen LogP contribution in [-0.2, 0) is 4.79 Å². The molecule has 0 saturated heterocycles. The zero-order valence-electron chi connectivity index (χ0n) is 12.2. The van der Waals surface area contributed by atoms with Crippen LogP contribution in [0, 0.1) is 0 Å². The van der Waals surface area contributed by atoms with Crippen LogP contribution >= 0.6 is 0 Å². The van der Waals surface area contributed by atoms with Crippen molar-refractivity contribution in [1.82, 2.24) is 4.90 Å². The van der Waals surface area contributed by atoms with E-state index in [2.05, 4.69) is 31.7 Å². The summed E-state index contributed by atoms with van der Waals surface area (Å²) in [6.45, 7) is 11.0. The Bertz CT molecular complexity index is 302. The maximum absolute atomic E-state index is 11.4. The topological polar surface area (TPSA) is 20.3 Å². The minimum Gasteiger partial charge on any atom is -0.298 e. The Labute approximate surface area is 106 Å². The summed E-state index contributed by atoms with van der Waals surface area (Å²) in [5.74, 6) is 0.266. The normalized spacial score (nSPS) is 21.4. The number of allylic oxidation sites excluding steroid dienone is 2. The summed E-state index contributed by atoms with van der Waals surface area (Å²) in [6, 6.07) is 0.0740. The van der Waals surface area contributed by atoms with E-state index in [0.717, 1.165) is 13.0 Å². The van der Waals surface area contributed by atoms with Gasteiger partial charge >= 0.3 is 0 Å². The highest BCUT2D eigenvalue weighted by atomic mass is 16.1. The summed E-state index contributed by atoms with van der Waals surface area (Å²) in [6.07, 6.45) is 6.28. The second-order valence-corrected chi connectivity index (χ2v) is 4.76. The Morgan fingerprint density at radius 1 is 1.47 bits per heavy atom. The van der Waals surface area contributed by atoms with Crippen LogP contribution in [0.15, 0.2) is 23.3 Å². The van der Waals surface area contributed by atoms with Gasteiger partial charge in [-0.05, 0) is 39.8 Å². The lowest BCUT2D eigenvalue weighted by Gasteiger charge is -2.32. The quantitative estimate of drug-likeness (QED) is 0.731. The SMILES string of the molecule is C/C=C\C1=C(C)CN(C)C(C(C)=O)C1.CCC. The number of likely N-dealkylation sites (N-methyl/N-ethyl adjacent to an activating group) is 1. The van der Waals surface area contributed by atoms with Crippen molar-refractivity contribution in [2.45, 2.75) is 53.5 Å². The minimum absolute atomic E-state index is 0.0740. The van der Waals surface area contributed by atoms with E-state index < -0.39 is 0 Å². The van der Waals surface area contributed by atoms with E-state index in [1.54, 1.807) is 6.92 Å². The Morgan fingerprint density at radius 3 is 2.41 bits per heavy atom. The zero-order chi connectivity index (χ0) is 13.4. The van der Waals surface area contributed by atoms with E-state index in [4.69, 9.17) is 0 Å². The zero-order valence-corrected chi connectivity index (χ0v) is 12.2. The number of carbonyl (C=O) groups is 1. The number of rotatable bonds is 2. The molecule has 1 atom stereocenters. The number of ketones is 1. The van der Waals surface area contributed by atoms with Gasteiger partial charge in [0.1, 0.15) is 5.78 Å². The summed E-state index contributed by atoms with van der Waals surface area (Å²) < 4.78 is 0. The van der Waals surface area contributed by atoms with Crippen molar-refractivity contribution in [1.29, 1.82) is 0 Å². The van der Waals surface area contributed by atoms with Gasteiger partial charge in [0, 0.05) is 6.54 Å². The average molecular weight is 237 g/mol. The molecule has 0 aromatic rings. The maximum atomic E-state index is 11.4.